The zero-order valence-corrected chi connectivity index (χ0v) is 31.6. The molecule has 0 aliphatic carbocycles. The Bertz CT molecular complexity index is 4300. The van der Waals surface area contributed by atoms with E-state index in [1.807, 2.05) is 0 Å². The maximum atomic E-state index is 5.82. The molecule has 9 aromatic carbocycles. The highest BCUT2D eigenvalue weighted by atomic mass is 15.0. The van der Waals surface area contributed by atoms with E-state index in [1.54, 1.807) is 0 Å². The smallest absolute Gasteiger partial charge is 0.146 e. The molecule has 0 saturated carbocycles. The molecule has 0 spiro atoms. The van der Waals surface area contributed by atoms with E-state index in [4.69, 9.17) is 4.98 Å². The van der Waals surface area contributed by atoms with Crippen molar-refractivity contribution in [1.29, 1.82) is 0 Å². The molecule has 0 N–H and O–H groups in total. The van der Waals surface area contributed by atoms with Crippen molar-refractivity contribution in [2.75, 3.05) is 0 Å². The zero-order chi connectivity index (χ0) is 38.1. The Balaban J connectivity index is 1.11. The van der Waals surface area contributed by atoms with Crippen LogP contribution in [-0.2, 0) is 0 Å². The van der Waals surface area contributed by atoms with Crippen LogP contribution in [0.15, 0.2) is 182 Å². The van der Waals surface area contributed by atoms with Crippen LogP contribution in [0.1, 0.15) is 0 Å². The molecule has 0 bridgehead atoms. The van der Waals surface area contributed by atoms with Gasteiger partial charge in [-0.25, -0.2) is 4.98 Å². The summed E-state index contributed by atoms with van der Waals surface area (Å²) in [5.41, 5.74) is 14.1. The SMILES string of the molecule is c1ccc(-n2c3ccccc3c3cc(-c4cccc5c6cc7ccccc7c7c8nc9c(cc8n(c45)c67)c4cccc5c6ccc7ccccc7c6n9c45)ccc32)cc1. The van der Waals surface area contributed by atoms with Gasteiger partial charge in [0, 0.05) is 65.1 Å². The summed E-state index contributed by atoms with van der Waals surface area (Å²) in [7, 11) is 0. The minimum Gasteiger partial charge on any atom is -0.309 e. The Kier molecular flexibility index (Phi) is 5.38. The molecular formula is C55H30N4. The number of pyridine rings is 1. The molecule has 0 aliphatic heterocycles. The summed E-state index contributed by atoms with van der Waals surface area (Å²) in [6, 6.07) is 67.2. The molecule has 0 amide bonds. The second-order valence-corrected chi connectivity index (χ2v) is 16.3. The van der Waals surface area contributed by atoms with Crippen molar-refractivity contribution >= 4 is 120 Å². The molecule has 0 aliphatic rings. The number of aromatic nitrogens is 4. The van der Waals surface area contributed by atoms with E-state index in [2.05, 4.69) is 195 Å². The van der Waals surface area contributed by atoms with Crippen LogP contribution in [0.5, 0.6) is 0 Å². The lowest BCUT2D eigenvalue weighted by Gasteiger charge is -2.09. The Morgan fingerprint density at radius 1 is 0.339 bits per heavy atom. The van der Waals surface area contributed by atoms with Crippen molar-refractivity contribution in [3.63, 3.8) is 0 Å². The Morgan fingerprint density at radius 3 is 1.88 bits per heavy atom. The van der Waals surface area contributed by atoms with Gasteiger partial charge in [-0.05, 0) is 64.2 Å². The molecule has 4 heteroatoms. The maximum Gasteiger partial charge on any atom is 0.146 e. The van der Waals surface area contributed by atoms with Crippen LogP contribution in [0, 0.1) is 0 Å². The van der Waals surface area contributed by atoms with E-state index in [-0.39, 0.29) is 0 Å². The third-order valence-electron chi connectivity index (χ3n) is 13.4. The van der Waals surface area contributed by atoms with Crippen molar-refractivity contribution in [1.82, 2.24) is 18.4 Å². The minimum absolute atomic E-state index is 1.01. The predicted molar refractivity (Wildman–Crippen MR) is 248 cm³/mol. The summed E-state index contributed by atoms with van der Waals surface area (Å²) in [6.07, 6.45) is 0. The van der Waals surface area contributed by atoms with Crippen molar-refractivity contribution in [2.24, 2.45) is 0 Å². The van der Waals surface area contributed by atoms with E-state index < -0.39 is 0 Å². The van der Waals surface area contributed by atoms with E-state index >= 15 is 0 Å². The van der Waals surface area contributed by atoms with Gasteiger partial charge in [0.15, 0.2) is 0 Å². The van der Waals surface area contributed by atoms with Crippen molar-refractivity contribution in [3.05, 3.63) is 182 Å². The van der Waals surface area contributed by atoms with Crippen LogP contribution < -0.4 is 0 Å². The first-order valence-electron chi connectivity index (χ1n) is 20.4. The third kappa shape index (κ3) is 3.60. The van der Waals surface area contributed by atoms with E-state index in [0.29, 0.717) is 0 Å². The molecule has 15 rings (SSSR count). The maximum absolute atomic E-state index is 5.82. The van der Waals surface area contributed by atoms with Crippen LogP contribution in [0.3, 0.4) is 0 Å². The molecule has 0 radical (unpaired) electrons. The fourth-order valence-electron chi connectivity index (χ4n) is 11.1. The fraction of sp³-hybridized carbons (Fsp3) is 0. The van der Waals surface area contributed by atoms with Crippen molar-refractivity contribution < 1.29 is 0 Å². The van der Waals surface area contributed by atoms with Crippen molar-refractivity contribution in [3.8, 4) is 16.8 Å². The first kappa shape index (κ1) is 30.2. The highest BCUT2D eigenvalue weighted by Gasteiger charge is 2.26. The average Bonchev–Trinajstić information content (AvgIpc) is 4.08. The van der Waals surface area contributed by atoms with Gasteiger partial charge >= 0.3 is 0 Å². The van der Waals surface area contributed by atoms with Crippen LogP contribution in [0.25, 0.3) is 137 Å². The molecular weight excluding hydrogens is 717 g/mol. The van der Waals surface area contributed by atoms with Gasteiger partial charge in [0.2, 0.25) is 0 Å². The number of benzene rings is 9. The highest BCUT2D eigenvalue weighted by molar-refractivity contribution is 6.34. The summed E-state index contributed by atoms with van der Waals surface area (Å²) in [5, 5.41) is 16.1. The summed E-state index contributed by atoms with van der Waals surface area (Å²) < 4.78 is 7.39. The first-order chi connectivity index (χ1) is 29.3. The number of nitrogens with zero attached hydrogens (tertiary/aromatic N) is 4. The van der Waals surface area contributed by atoms with Gasteiger partial charge in [0.25, 0.3) is 0 Å². The van der Waals surface area contributed by atoms with Gasteiger partial charge in [0.1, 0.15) is 5.65 Å². The molecule has 15 aromatic rings. The van der Waals surface area contributed by atoms with Gasteiger partial charge in [-0.1, -0.05) is 140 Å². The molecule has 0 atom stereocenters. The normalized spacial score (nSPS) is 12.7. The molecule has 0 saturated heterocycles. The van der Waals surface area contributed by atoms with Gasteiger partial charge in [-0.3, -0.25) is 4.40 Å². The van der Waals surface area contributed by atoms with E-state index in [9.17, 15) is 0 Å². The summed E-state index contributed by atoms with van der Waals surface area (Å²) in [6.45, 7) is 0. The van der Waals surface area contributed by atoms with Gasteiger partial charge < -0.3 is 8.97 Å². The van der Waals surface area contributed by atoms with Crippen molar-refractivity contribution in [2.45, 2.75) is 0 Å². The number of fused-ring (bicyclic) bond motifs is 19. The first-order valence-corrected chi connectivity index (χ1v) is 20.4. The van der Waals surface area contributed by atoms with Gasteiger partial charge in [-0.15, -0.1) is 0 Å². The zero-order valence-electron chi connectivity index (χ0n) is 31.6. The van der Waals surface area contributed by atoms with Crippen LogP contribution >= 0.6 is 0 Å². The Morgan fingerprint density at radius 2 is 1.00 bits per heavy atom. The third-order valence-corrected chi connectivity index (χ3v) is 13.4. The molecule has 6 heterocycles. The Hall–Kier alpha value is -7.95. The lowest BCUT2D eigenvalue weighted by molar-refractivity contribution is 1.18. The van der Waals surface area contributed by atoms with Gasteiger partial charge in [-0.2, -0.15) is 0 Å². The summed E-state index contributed by atoms with van der Waals surface area (Å²) in [5.74, 6) is 0. The average molecular weight is 747 g/mol. The molecule has 4 nitrogen and oxygen atoms in total. The number of hydrogen-bond donors (Lipinski definition) is 0. The quantitative estimate of drug-likeness (QED) is 0.173. The summed E-state index contributed by atoms with van der Waals surface area (Å²) in [4.78, 5) is 5.82. The van der Waals surface area contributed by atoms with E-state index in [0.717, 1.165) is 16.7 Å². The molecule has 0 fully saturated rings. The van der Waals surface area contributed by atoms with Crippen LogP contribution in [0.4, 0.5) is 0 Å². The highest BCUT2D eigenvalue weighted by Crippen LogP contribution is 2.48. The Labute approximate surface area is 335 Å². The molecule has 270 valence electrons. The summed E-state index contributed by atoms with van der Waals surface area (Å²) >= 11 is 0. The second-order valence-electron chi connectivity index (χ2n) is 16.3. The second kappa shape index (κ2) is 10.5. The number of rotatable bonds is 2. The monoisotopic (exact) mass is 746 g/mol. The van der Waals surface area contributed by atoms with Crippen LogP contribution in [-0.4, -0.2) is 18.4 Å². The largest absolute Gasteiger partial charge is 0.309 e. The number of hydrogen-bond acceptors (Lipinski definition) is 1. The fourth-order valence-corrected chi connectivity index (χ4v) is 11.1. The molecule has 0 unspecified atom stereocenters. The topological polar surface area (TPSA) is 26.6 Å². The molecule has 6 aromatic heterocycles. The lowest BCUT2D eigenvalue weighted by Crippen LogP contribution is -1.93. The number of para-hydroxylation sites is 4. The standard InChI is InChI=1S/C55H30N4/c1-2-14-34(15-3-1)57-46-23-9-8-18-38(46)43-28-33(25-27-47(43)57)37-19-10-21-40-44-29-32-13-5-6-16-35(32)49-50-48(58(51(37)40)54(44)49)30-45-41-22-11-20-39-42-26-24-31-12-4-7-17-36(31)52(42)59(53(39)41)55(45)56-50/h1-30H. The molecule has 59 heavy (non-hydrogen) atoms. The minimum atomic E-state index is 1.01. The van der Waals surface area contributed by atoms with Crippen LogP contribution in [0.2, 0.25) is 0 Å². The van der Waals surface area contributed by atoms with Gasteiger partial charge in [0.05, 0.1) is 44.1 Å². The van der Waals surface area contributed by atoms with E-state index in [1.165, 1.54) is 120 Å². The predicted octanol–water partition coefficient (Wildman–Crippen LogP) is 14.5. The lowest BCUT2D eigenvalue weighted by atomic mass is 9.98.